The van der Waals surface area contributed by atoms with Gasteiger partial charge in [0, 0.05) is 45.5 Å². The fourth-order valence-corrected chi connectivity index (χ4v) is 2.46. The van der Waals surface area contributed by atoms with Crippen molar-refractivity contribution in [1.29, 1.82) is 0 Å². The van der Waals surface area contributed by atoms with Gasteiger partial charge in [-0.2, -0.15) is 0 Å². The molecule has 2 rings (SSSR count). The summed E-state index contributed by atoms with van der Waals surface area (Å²) in [5, 5.41) is 3.01. The average molecular weight is 306 g/mol. The van der Waals surface area contributed by atoms with Gasteiger partial charge in [-0.3, -0.25) is 9.69 Å². The van der Waals surface area contributed by atoms with Crippen molar-refractivity contribution < 1.29 is 9.53 Å². The zero-order valence-corrected chi connectivity index (χ0v) is 13.9. The summed E-state index contributed by atoms with van der Waals surface area (Å²) in [6.07, 6.45) is 1.62. The highest BCUT2D eigenvalue weighted by Gasteiger charge is 2.28. The number of nitrogens with zero attached hydrogens (tertiary/aromatic N) is 3. The number of pyridine rings is 1. The van der Waals surface area contributed by atoms with Crippen LogP contribution < -0.4 is 10.2 Å². The van der Waals surface area contributed by atoms with Gasteiger partial charge in [0.15, 0.2) is 0 Å². The van der Waals surface area contributed by atoms with E-state index in [9.17, 15) is 4.79 Å². The number of rotatable bonds is 5. The van der Waals surface area contributed by atoms with Crippen LogP contribution in [0.15, 0.2) is 18.3 Å². The molecule has 6 nitrogen and oxygen atoms in total. The Morgan fingerprint density at radius 1 is 1.36 bits per heavy atom. The summed E-state index contributed by atoms with van der Waals surface area (Å²) in [6.45, 7) is 8.21. The first-order valence-electron chi connectivity index (χ1n) is 7.64. The molecule has 1 aromatic heterocycles. The minimum Gasteiger partial charge on any atom is -0.379 e. The number of hydrogen-bond donors (Lipinski definition) is 1. The second kappa shape index (κ2) is 7.07. The van der Waals surface area contributed by atoms with E-state index >= 15 is 0 Å². The lowest BCUT2D eigenvalue weighted by molar-refractivity contribution is -0.00923. The molecule has 0 atom stereocenters. The van der Waals surface area contributed by atoms with Crippen molar-refractivity contribution in [2.24, 2.45) is 0 Å². The summed E-state index contributed by atoms with van der Waals surface area (Å²) >= 11 is 0. The average Bonchev–Trinajstić information content (AvgIpc) is 2.53. The van der Waals surface area contributed by atoms with E-state index < -0.39 is 0 Å². The van der Waals surface area contributed by atoms with Crippen molar-refractivity contribution in [3.63, 3.8) is 0 Å². The quantitative estimate of drug-likeness (QED) is 0.879. The zero-order chi connectivity index (χ0) is 16.2. The third-order valence-corrected chi connectivity index (χ3v) is 4.02. The van der Waals surface area contributed by atoms with Crippen LogP contribution in [0, 0.1) is 0 Å². The lowest BCUT2D eigenvalue weighted by Gasteiger charge is -2.40. The van der Waals surface area contributed by atoms with E-state index in [1.807, 2.05) is 25.1 Å². The minimum absolute atomic E-state index is 0.0841. The summed E-state index contributed by atoms with van der Waals surface area (Å²) in [7, 11) is 3.85. The van der Waals surface area contributed by atoms with Crippen LogP contribution in [-0.4, -0.2) is 68.3 Å². The first-order chi connectivity index (χ1) is 10.4. The second-order valence-electron chi connectivity index (χ2n) is 6.39. The van der Waals surface area contributed by atoms with Crippen molar-refractivity contribution in [1.82, 2.24) is 15.2 Å². The maximum atomic E-state index is 12.2. The smallest absolute Gasteiger partial charge is 0.252 e. The number of anilines is 1. The van der Waals surface area contributed by atoms with E-state index in [4.69, 9.17) is 4.74 Å². The molecule has 0 saturated carbocycles. The number of nitrogens with one attached hydrogen (secondary N) is 1. The van der Waals surface area contributed by atoms with Crippen LogP contribution in [0.2, 0.25) is 0 Å². The standard InChI is InChI=1S/C16H26N4O2/c1-16(2,20-7-9-22-10-8-20)12-18-15(21)13-5-6-14(17-11-13)19(3)4/h5-6,11H,7-10,12H2,1-4H3,(H,18,21). The Labute approximate surface area is 132 Å². The molecule has 0 spiro atoms. The van der Waals surface area contributed by atoms with E-state index in [-0.39, 0.29) is 11.4 Å². The predicted molar refractivity (Wildman–Crippen MR) is 87.4 cm³/mol. The number of ether oxygens (including phenoxy) is 1. The first-order valence-corrected chi connectivity index (χ1v) is 7.64. The third-order valence-electron chi connectivity index (χ3n) is 4.02. The van der Waals surface area contributed by atoms with Gasteiger partial charge in [0.25, 0.3) is 5.91 Å². The number of hydrogen-bond acceptors (Lipinski definition) is 5. The van der Waals surface area contributed by atoms with Crippen LogP contribution in [0.25, 0.3) is 0 Å². The Bertz CT molecular complexity index is 493. The van der Waals surface area contributed by atoms with Crippen LogP contribution in [0.3, 0.4) is 0 Å². The van der Waals surface area contributed by atoms with E-state index in [1.165, 1.54) is 0 Å². The maximum Gasteiger partial charge on any atom is 0.252 e. The van der Waals surface area contributed by atoms with Gasteiger partial charge in [-0.15, -0.1) is 0 Å². The van der Waals surface area contributed by atoms with Crippen LogP contribution >= 0.6 is 0 Å². The van der Waals surface area contributed by atoms with Gasteiger partial charge >= 0.3 is 0 Å². The molecule has 122 valence electrons. The molecule has 1 saturated heterocycles. The summed E-state index contributed by atoms with van der Waals surface area (Å²) in [6, 6.07) is 3.65. The summed E-state index contributed by atoms with van der Waals surface area (Å²) in [4.78, 5) is 20.8. The molecule has 0 aliphatic carbocycles. The van der Waals surface area contributed by atoms with Crippen molar-refractivity contribution in [2.75, 3.05) is 51.8 Å². The Morgan fingerprint density at radius 3 is 2.59 bits per heavy atom. The van der Waals surface area contributed by atoms with E-state index in [0.717, 1.165) is 32.1 Å². The van der Waals surface area contributed by atoms with Crippen LogP contribution in [0.5, 0.6) is 0 Å². The minimum atomic E-state index is -0.0869. The number of carbonyl (C=O) groups is 1. The molecule has 1 fully saturated rings. The maximum absolute atomic E-state index is 12.2. The molecular weight excluding hydrogens is 280 g/mol. The van der Waals surface area contributed by atoms with Gasteiger partial charge in [0.05, 0.1) is 18.8 Å². The lowest BCUT2D eigenvalue weighted by atomic mass is 10.0. The summed E-state index contributed by atoms with van der Waals surface area (Å²) < 4.78 is 5.38. The predicted octanol–water partition coefficient (Wildman–Crippen LogP) is 0.988. The van der Waals surface area contributed by atoms with E-state index in [1.54, 1.807) is 12.3 Å². The molecule has 0 bridgehead atoms. The second-order valence-corrected chi connectivity index (χ2v) is 6.39. The largest absolute Gasteiger partial charge is 0.379 e. The molecule has 0 radical (unpaired) electrons. The molecule has 1 aliphatic heterocycles. The fourth-order valence-electron chi connectivity index (χ4n) is 2.46. The summed E-state index contributed by atoms with van der Waals surface area (Å²) in [5.74, 6) is 0.754. The highest BCUT2D eigenvalue weighted by molar-refractivity contribution is 5.94. The molecule has 2 heterocycles. The third kappa shape index (κ3) is 4.18. The lowest BCUT2D eigenvalue weighted by Crippen LogP contribution is -2.55. The monoisotopic (exact) mass is 306 g/mol. The zero-order valence-electron chi connectivity index (χ0n) is 13.9. The Hall–Kier alpha value is -1.66. The van der Waals surface area contributed by atoms with Gasteiger partial charge in [-0.25, -0.2) is 4.98 Å². The SMILES string of the molecule is CN(C)c1ccc(C(=O)NCC(C)(C)N2CCOCC2)cn1. The van der Waals surface area contributed by atoms with E-state index in [2.05, 4.69) is 29.0 Å². The van der Waals surface area contributed by atoms with Gasteiger partial charge in [0.1, 0.15) is 5.82 Å². The highest BCUT2D eigenvalue weighted by Crippen LogP contribution is 2.15. The van der Waals surface area contributed by atoms with Crippen LogP contribution in [0.1, 0.15) is 24.2 Å². The van der Waals surface area contributed by atoms with Gasteiger partial charge in [-0.1, -0.05) is 0 Å². The first kappa shape index (κ1) is 16.7. The Kier molecular flexibility index (Phi) is 5.37. The van der Waals surface area contributed by atoms with Crippen LogP contribution in [0.4, 0.5) is 5.82 Å². The van der Waals surface area contributed by atoms with Crippen molar-refractivity contribution in [3.05, 3.63) is 23.9 Å². The molecule has 1 aliphatic rings. The van der Waals surface area contributed by atoms with E-state index in [0.29, 0.717) is 12.1 Å². The number of aromatic nitrogens is 1. The van der Waals surface area contributed by atoms with Crippen molar-refractivity contribution >= 4 is 11.7 Å². The van der Waals surface area contributed by atoms with Gasteiger partial charge < -0.3 is 15.0 Å². The highest BCUT2D eigenvalue weighted by atomic mass is 16.5. The Balaban J connectivity index is 1.91. The fraction of sp³-hybridized carbons (Fsp3) is 0.625. The molecule has 0 unspecified atom stereocenters. The van der Waals surface area contributed by atoms with Crippen LogP contribution in [-0.2, 0) is 4.74 Å². The molecule has 1 N–H and O–H groups in total. The number of morpholine rings is 1. The summed E-state index contributed by atoms with van der Waals surface area (Å²) in [5.41, 5.74) is 0.500. The van der Waals surface area contributed by atoms with Gasteiger partial charge in [0.2, 0.25) is 0 Å². The van der Waals surface area contributed by atoms with Gasteiger partial charge in [-0.05, 0) is 26.0 Å². The number of amides is 1. The molecule has 0 aromatic carbocycles. The topological polar surface area (TPSA) is 57.7 Å². The molecular formula is C16H26N4O2. The normalized spacial score (nSPS) is 16.4. The molecule has 6 heteroatoms. The molecule has 1 amide bonds. The molecule has 1 aromatic rings. The Morgan fingerprint density at radius 2 is 2.05 bits per heavy atom. The van der Waals surface area contributed by atoms with Crippen molar-refractivity contribution in [3.8, 4) is 0 Å². The number of carbonyl (C=O) groups excluding carboxylic acids is 1. The molecule has 22 heavy (non-hydrogen) atoms. The van der Waals surface area contributed by atoms with Crippen molar-refractivity contribution in [2.45, 2.75) is 19.4 Å².